The number of hydrogen-bond acceptors (Lipinski definition) is 5. The summed E-state index contributed by atoms with van der Waals surface area (Å²) in [5.41, 5.74) is 0.595. The third-order valence-electron chi connectivity index (χ3n) is 3.67. The van der Waals surface area contributed by atoms with Gasteiger partial charge in [-0.1, -0.05) is 12.1 Å². The van der Waals surface area contributed by atoms with Crippen molar-refractivity contribution in [3.05, 3.63) is 30.1 Å². The third-order valence-corrected chi connectivity index (χ3v) is 3.67. The predicted molar refractivity (Wildman–Crippen MR) is 87.7 cm³/mol. The number of nitrogens with one attached hydrogen (secondary N) is 2. The van der Waals surface area contributed by atoms with Gasteiger partial charge in [-0.05, 0) is 26.0 Å². The quantitative estimate of drug-likeness (QED) is 0.868. The van der Waals surface area contributed by atoms with E-state index in [2.05, 4.69) is 20.7 Å². The highest BCUT2D eigenvalue weighted by atomic mass is 16.5. The lowest BCUT2D eigenvalue weighted by atomic mass is 10.0. The summed E-state index contributed by atoms with van der Waals surface area (Å²) in [5, 5.41) is 9.69. The second-order valence-corrected chi connectivity index (χ2v) is 5.53. The Kier molecular flexibility index (Phi) is 4.45. The zero-order chi connectivity index (χ0) is 17.1. The largest absolute Gasteiger partial charge is 0.492 e. The van der Waals surface area contributed by atoms with Gasteiger partial charge < -0.3 is 10.1 Å². The van der Waals surface area contributed by atoms with E-state index in [0.29, 0.717) is 36.4 Å². The molecule has 1 aromatic heterocycles. The van der Waals surface area contributed by atoms with Crippen LogP contribution < -0.4 is 15.4 Å². The zero-order valence-corrected chi connectivity index (χ0v) is 13.6. The van der Waals surface area contributed by atoms with Gasteiger partial charge in [0.1, 0.15) is 11.6 Å². The highest BCUT2D eigenvalue weighted by Gasteiger charge is 2.30. The van der Waals surface area contributed by atoms with Crippen molar-refractivity contribution >= 4 is 23.5 Å². The zero-order valence-electron chi connectivity index (χ0n) is 13.6. The van der Waals surface area contributed by atoms with Crippen LogP contribution in [0.5, 0.6) is 5.75 Å². The molecule has 24 heavy (non-hydrogen) atoms. The van der Waals surface area contributed by atoms with Gasteiger partial charge in [0.2, 0.25) is 17.8 Å². The van der Waals surface area contributed by atoms with E-state index >= 15 is 0 Å². The molecule has 0 unspecified atom stereocenters. The lowest BCUT2D eigenvalue weighted by Crippen LogP contribution is -2.36. The van der Waals surface area contributed by atoms with Crippen LogP contribution in [0.1, 0.15) is 19.2 Å². The van der Waals surface area contributed by atoms with Crippen molar-refractivity contribution < 1.29 is 14.3 Å². The van der Waals surface area contributed by atoms with Crippen LogP contribution in [-0.2, 0) is 16.1 Å². The van der Waals surface area contributed by atoms with Crippen molar-refractivity contribution in [1.29, 1.82) is 0 Å². The van der Waals surface area contributed by atoms with Gasteiger partial charge in [-0.3, -0.25) is 14.9 Å². The van der Waals surface area contributed by atoms with Gasteiger partial charge in [0.15, 0.2) is 0 Å². The minimum atomic E-state index is -0.488. The summed E-state index contributed by atoms with van der Waals surface area (Å²) in [7, 11) is 0. The Morgan fingerprint density at radius 2 is 2.25 bits per heavy atom. The van der Waals surface area contributed by atoms with Crippen LogP contribution in [0, 0.1) is 12.8 Å². The molecule has 0 bridgehead atoms. The molecule has 1 aliphatic rings. The van der Waals surface area contributed by atoms with E-state index in [9.17, 15) is 9.59 Å². The number of nitrogens with zero attached hydrogens (tertiary/aromatic N) is 3. The van der Waals surface area contributed by atoms with Crippen molar-refractivity contribution in [2.75, 3.05) is 17.2 Å². The maximum atomic E-state index is 12.3. The Morgan fingerprint density at radius 1 is 1.46 bits per heavy atom. The lowest BCUT2D eigenvalue weighted by molar-refractivity contribution is -0.126. The summed E-state index contributed by atoms with van der Waals surface area (Å²) in [6, 6.07) is 7.21. The lowest BCUT2D eigenvalue weighted by Gasteiger charge is -2.22. The van der Waals surface area contributed by atoms with Crippen LogP contribution in [0.25, 0.3) is 0 Å². The monoisotopic (exact) mass is 329 g/mol. The Morgan fingerprint density at radius 3 is 3.04 bits per heavy atom. The average Bonchev–Trinajstić information content (AvgIpc) is 2.89. The Bertz CT molecular complexity index is 771. The maximum absolute atomic E-state index is 12.3. The first-order valence-corrected chi connectivity index (χ1v) is 7.80. The number of carbonyl (C=O) groups is 2. The summed E-state index contributed by atoms with van der Waals surface area (Å²) >= 11 is 0. The van der Waals surface area contributed by atoms with Crippen LogP contribution in [0.2, 0.25) is 0 Å². The van der Waals surface area contributed by atoms with E-state index in [1.807, 2.05) is 19.1 Å². The smallest absolute Gasteiger partial charge is 0.232 e. The molecule has 3 rings (SSSR count). The van der Waals surface area contributed by atoms with E-state index in [1.165, 1.54) is 0 Å². The number of rotatable bonds is 5. The van der Waals surface area contributed by atoms with Crippen LogP contribution in [0.4, 0.5) is 11.6 Å². The number of carbonyl (C=O) groups excluding carboxylic acids is 2. The second kappa shape index (κ2) is 6.69. The van der Waals surface area contributed by atoms with Crippen LogP contribution in [0.15, 0.2) is 24.3 Å². The fraction of sp³-hybridized carbons (Fsp3) is 0.375. The van der Waals surface area contributed by atoms with Gasteiger partial charge in [0, 0.05) is 6.42 Å². The van der Waals surface area contributed by atoms with Gasteiger partial charge in [-0.2, -0.15) is 10.1 Å². The minimum absolute atomic E-state index is 0.0602. The number of amides is 2. The summed E-state index contributed by atoms with van der Waals surface area (Å²) in [4.78, 5) is 28.6. The highest BCUT2D eigenvalue weighted by molar-refractivity contribution is 5.98. The summed E-state index contributed by atoms with van der Waals surface area (Å²) in [6.45, 7) is 4.47. The summed E-state index contributed by atoms with van der Waals surface area (Å²) in [6.07, 6.45) is 0.0602. The fourth-order valence-corrected chi connectivity index (χ4v) is 2.61. The maximum Gasteiger partial charge on any atom is 0.232 e. The van der Waals surface area contributed by atoms with Gasteiger partial charge in [-0.25, -0.2) is 4.68 Å². The number of hydrogen-bond donors (Lipinski definition) is 2. The molecule has 2 amide bonds. The van der Waals surface area contributed by atoms with Crippen molar-refractivity contribution in [2.24, 2.45) is 5.92 Å². The molecule has 0 aliphatic carbocycles. The van der Waals surface area contributed by atoms with Crippen molar-refractivity contribution in [2.45, 2.75) is 26.8 Å². The SMILES string of the molecule is CCOc1ccccc1NC(=O)C[C@@H]1Cn2nc(C)nc2NC1=O. The molecule has 0 spiro atoms. The molecule has 1 aliphatic heterocycles. The van der Waals surface area contributed by atoms with Gasteiger partial charge >= 0.3 is 0 Å². The van der Waals surface area contributed by atoms with E-state index in [0.717, 1.165) is 0 Å². The van der Waals surface area contributed by atoms with Crippen molar-refractivity contribution in [1.82, 2.24) is 14.8 Å². The molecule has 126 valence electrons. The minimum Gasteiger partial charge on any atom is -0.492 e. The highest BCUT2D eigenvalue weighted by Crippen LogP contribution is 2.25. The Hall–Kier alpha value is -2.90. The predicted octanol–water partition coefficient (Wildman–Crippen LogP) is 1.58. The van der Waals surface area contributed by atoms with Gasteiger partial charge in [0.25, 0.3) is 0 Å². The Labute approximate surface area is 139 Å². The fourth-order valence-electron chi connectivity index (χ4n) is 2.61. The first kappa shape index (κ1) is 16.0. The molecule has 2 N–H and O–H groups in total. The average molecular weight is 329 g/mol. The molecule has 8 nitrogen and oxygen atoms in total. The van der Waals surface area contributed by atoms with Gasteiger partial charge in [-0.15, -0.1) is 0 Å². The molecule has 1 atom stereocenters. The first-order valence-electron chi connectivity index (χ1n) is 7.80. The van der Waals surface area contributed by atoms with E-state index in [4.69, 9.17) is 4.74 Å². The van der Waals surface area contributed by atoms with Crippen LogP contribution in [-0.4, -0.2) is 33.2 Å². The molecule has 0 saturated carbocycles. The number of aryl methyl sites for hydroxylation is 1. The molecule has 8 heteroatoms. The number of ether oxygens (including phenoxy) is 1. The molecule has 2 heterocycles. The molecule has 0 saturated heterocycles. The molecule has 1 aromatic carbocycles. The number of benzene rings is 1. The molecule has 0 fully saturated rings. The summed E-state index contributed by atoms with van der Waals surface area (Å²) in [5.74, 6) is 0.663. The standard InChI is InChI=1S/C16H19N5O3/c1-3-24-13-7-5-4-6-12(13)18-14(22)8-11-9-21-16(19-15(11)23)17-10(2)20-21/h4-7,11H,3,8-9H2,1-2H3,(H,18,22)(H,17,19,20,23)/t11-/m1/s1. The number of anilines is 2. The molecular formula is C16H19N5O3. The Balaban J connectivity index is 1.66. The summed E-state index contributed by atoms with van der Waals surface area (Å²) < 4.78 is 7.10. The van der Waals surface area contributed by atoms with Crippen LogP contribution >= 0.6 is 0 Å². The molecule has 2 aromatic rings. The number of fused-ring (bicyclic) bond motifs is 1. The third kappa shape index (κ3) is 3.37. The molecular weight excluding hydrogens is 310 g/mol. The first-order chi connectivity index (χ1) is 11.6. The van der Waals surface area contributed by atoms with Crippen molar-refractivity contribution in [3.8, 4) is 5.75 Å². The normalized spacial score (nSPS) is 16.2. The topological polar surface area (TPSA) is 98.1 Å². The van der Waals surface area contributed by atoms with Crippen LogP contribution in [0.3, 0.4) is 0 Å². The molecule has 0 radical (unpaired) electrons. The van der Waals surface area contributed by atoms with Gasteiger partial charge in [0.05, 0.1) is 24.8 Å². The number of aromatic nitrogens is 3. The second-order valence-electron chi connectivity index (χ2n) is 5.53. The van der Waals surface area contributed by atoms with E-state index in [-0.39, 0.29) is 18.2 Å². The van der Waals surface area contributed by atoms with E-state index < -0.39 is 5.92 Å². The number of para-hydroxylation sites is 2. The van der Waals surface area contributed by atoms with Crippen molar-refractivity contribution in [3.63, 3.8) is 0 Å². The van der Waals surface area contributed by atoms with E-state index in [1.54, 1.807) is 23.7 Å².